The van der Waals surface area contributed by atoms with E-state index in [0.717, 1.165) is 21.5 Å². The van der Waals surface area contributed by atoms with Crippen molar-refractivity contribution in [2.45, 2.75) is 13.5 Å². The Morgan fingerprint density at radius 3 is 2.63 bits per heavy atom. The van der Waals surface area contributed by atoms with Crippen LogP contribution in [0.4, 0.5) is 0 Å². The van der Waals surface area contributed by atoms with Crippen molar-refractivity contribution in [1.82, 2.24) is 4.98 Å². The van der Waals surface area contributed by atoms with E-state index in [1.54, 1.807) is 17.4 Å². The minimum Gasteiger partial charge on any atom is -0.504 e. The van der Waals surface area contributed by atoms with E-state index in [1.807, 2.05) is 42.6 Å². The summed E-state index contributed by atoms with van der Waals surface area (Å²) in [5.41, 5.74) is 0.884. The van der Waals surface area contributed by atoms with Crippen molar-refractivity contribution < 1.29 is 9.84 Å². The number of hydrogen-bond donors (Lipinski definition) is 1. The molecule has 0 aliphatic rings. The van der Waals surface area contributed by atoms with Crippen molar-refractivity contribution in [1.29, 1.82) is 0 Å². The molecule has 96 valence electrons. The Bertz CT molecular complexity index is 721. The van der Waals surface area contributed by atoms with Gasteiger partial charge in [-0.15, -0.1) is 11.3 Å². The summed E-state index contributed by atoms with van der Waals surface area (Å²) in [6.45, 7) is 2.33. The summed E-state index contributed by atoms with van der Waals surface area (Å²) in [5.74, 6) is 0.648. The average molecular weight is 271 g/mol. The van der Waals surface area contributed by atoms with Crippen LogP contribution in [0.1, 0.15) is 10.7 Å². The maximum Gasteiger partial charge on any atom is 0.162 e. The van der Waals surface area contributed by atoms with Crippen molar-refractivity contribution in [3.05, 3.63) is 52.5 Å². The lowest BCUT2D eigenvalue weighted by Gasteiger charge is -2.08. The molecule has 1 aromatic heterocycles. The Balaban J connectivity index is 1.86. The van der Waals surface area contributed by atoms with Gasteiger partial charge >= 0.3 is 0 Å². The lowest BCUT2D eigenvalue weighted by atomic mass is 10.1. The molecule has 0 radical (unpaired) electrons. The minimum absolute atomic E-state index is 0.158. The van der Waals surface area contributed by atoms with E-state index < -0.39 is 0 Å². The number of hydrogen-bond acceptors (Lipinski definition) is 4. The fourth-order valence-electron chi connectivity index (χ4n) is 1.95. The van der Waals surface area contributed by atoms with Crippen molar-refractivity contribution in [2.24, 2.45) is 0 Å². The highest BCUT2D eigenvalue weighted by Gasteiger charge is 2.06. The van der Waals surface area contributed by atoms with Crippen LogP contribution in [0.3, 0.4) is 0 Å². The van der Waals surface area contributed by atoms with Crippen molar-refractivity contribution in [2.75, 3.05) is 0 Å². The van der Waals surface area contributed by atoms with Gasteiger partial charge < -0.3 is 9.84 Å². The van der Waals surface area contributed by atoms with Crippen LogP contribution in [-0.2, 0) is 6.61 Å². The zero-order chi connectivity index (χ0) is 13.2. The van der Waals surface area contributed by atoms with Gasteiger partial charge in [0.15, 0.2) is 11.5 Å². The van der Waals surface area contributed by atoms with Crippen molar-refractivity contribution >= 4 is 22.1 Å². The number of aromatic nitrogens is 1. The number of ether oxygens (including phenoxy) is 1. The molecule has 0 fully saturated rings. The van der Waals surface area contributed by atoms with E-state index in [1.165, 1.54) is 0 Å². The van der Waals surface area contributed by atoms with Gasteiger partial charge in [0, 0.05) is 5.38 Å². The molecule has 0 saturated carbocycles. The predicted octanol–water partition coefficient (Wildman–Crippen LogP) is 3.89. The topological polar surface area (TPSA) is 42.4 Å². The van der Waals surface area contributed by atoms with Gasteiger partial charge in [-0.1, -0.05) is 24.3 Å². The average Bonchev–Trinajstić information content (AvgIpc) is 2.82. The number of aromatic hydroxyl groups is 1. The molecule has 0 atom stereocenters. The number of rotatable bonds is 3. The first-order valence-electron chi connectivity index (χ1n) is 5.98. The Morgan fingerprint density at radius 2 is 1.95 bits per heavy atom. The quantitative estimate of drug-likeness (QED) is 0.785. The van der Waals surface area contributed by atoms with Crippen LogP contribution in [0.25, 0.3) is 10.8 Å². The van der Waals surface area contributed by atoms with E-state index in [-0.39, 0.29) is 5.75 Å². The summed E-state index contributed by atoms with van der Waals surface area (Å²) in [6, 6.07) is 11.4. The number of aryl methyl sites for hydroxylation is 1. The van der Waals surface area contributed by atoms with E-state index in [2.05, 4.69) is 4.98 Å². The van der Waals surface area contributed by atoms with Gasteiger partial charge in [-0.3, -0.25) is 0 Å². The smallest absolute Gasteiger partial charge is 0.162 e. The SMILES string of the molecule is Cc1nc(COc2cc3ccccc3cc2O)cs1. The lowest BCUT2D eigenvalue weighted by Crippen LogP contribution is -1.96. The van der Waals surface area contributed by atoms with Gasteiger partial charge in [0.1, 0.15) is 6.61 Å². The monoisotopic (exact) mass is 271 g/mol. The third kappa shape index (κ3) is 2.53. The third-order valence-corrected chi connectivity index (χ3v) is 3.69. The molecule has 4 heteroatoms. The molecule has 0 bridgehead atoms. The Morgan fingerprint density at radius 1 is 1.21 bits per heavy atom. The summed E-state index contributed by atoms with van der Waals surface area (Å²) < 4.78 is 5.64. The first kappa shape index (κ1) is 12.0. The molecule has 0 unspecified atom stereocenters. The number of phenols is 1. The summed E-state index contributed by atoms with van der Waals surface area (Å²) in [4.78, 5) is 4.33. The lowest BCUT2D eigenvalue weighted by molar-refractivity contribution is 0.286. The Kier molecular flexibility index (Phi) is 3.09. The maximum absolute atomic E-state index is 9.95. The minimum atomic E-state index is 0.158. The third-order valence-electron chi connectivity index (χ3n) is 2.87. The number of nitrogens with zero attached hydrogens (tertiary/aromatic N) is 1. The highest BCUT2D eigenvalue weighted by molar-refractivity contribution is 7.09. The van der Waals surface area contributed by atoms with Gasteiger partial charge in [-0.05, 0) is 29.8 Å². The van der Waals surface area contributed by atoms with Gasteiger partial charge in [0.05, 0.1) is 10.7 Å². The van der Waals surface area contributed by atoms with E-state index in [0.29, 0.717) is 12.4 Å². The molecule has 3 aromatic rings. The van der Waals surface area contributed by atoms with Gasteiger partial charge in [-0.2, -0.15) is 0 Å². The largest absolute Gasteiger partial charge is 0.504 e. The van der Waals surface area contributed by atoms with Crippen LogP contribution in [0.5, 0.6) is 11.5 Å². The van der Waals surface area contributed by atoms with E-state index in [4.69, 9.17) is 4.74 Å². The second-order valence-corrected chi connectivity index (χ2v) is 5.38. The number of phenolic OH excluding ortho intramolecular Hbond substituents is 1. The standard InChI is InChI=1S/C15H13NO2S/c1-10-16-13(9-19-10)8-18-15-7-12-5-3-2-4-11(12)6-14(15)17/h2-7,9,17H,8H2,1H3. The van der Waals surface area contributed by atoms with E-state index >= 15 is 0 Å². The van der Waals surface area contributed by atoms with Crippen LogP contribution < -0.4 is 4.74 Å². The highest BCUT2D eigenvalue weighted by atomic mass is 32.1. The van der Waals surface area contributed by atoms with Crippen LogP contribution in [0.2, 0.25) is 0 Å². The molecular weight excluding hydrogens is 258 g/mol. The van der Waals surface area contributed by atoms with Crippen molar-refractivity contribution in [3.63, 3.8) is 0 Å². The zero-order valence-corrected chi connectivity index (χ0v) is 11.3. The molecule has 2 aromatic carbocycles. The maximum atomic E-state index is 9.95. The summed E-state index contributed by atoms with van der Waals surface area (Å²) >= 11 is 1.59. The molecule has 3 rings (SSSR count). The fraction of sp³-hybridized carbons (Fsp3) is 0.133. The molecular formula is C15H13NO2S. The zero-order valence-electron chi connectivity index (χ0n) is 10.5. The highest BCUT2D eigenvalue weighted by Crippen LogP contribution is 2.31. The van der Waals surface area contributed by atoms with Gasteiger partial charge in [-0.25, -0.2) is 4.98 Å². The molecule has 0 aliphatic heterocycles. The summed E-state index contributed by atoms with van der Waals surface area (Å²) in [7, 11) is 0. The predicted molar refractivity (Wildman–Crippen MR) is 76.8 cm³/mol. The molecule has 0 saturated heterocycles. The van der Waals surface area contributed by atoms with Gasteiger partial charge in [0.2, 0.25) is 0 Å². The van der Waals surface area contributed by atoms with Crippen LogP contribution in [0.15, 0.2) is 41.8 Å². The Hall–Kier alpha value is -2.07. The Labute approximate surface area is 115 Å². The summed E-state index contributed by atoms with van der Waals surface area (Å²) in [6.07, 6.45) is 0. The number of thiazole rings is 1. The normalized spacial score (nSPS) is 10.8. The second kappa shape index (κ2) is 4.90. The van der Waals surface area contributed by atoms with Crippen LogP contribution in [-0.4, -0.2) is 10.1 Å². The fourth-order valence-corrected chi connectivity index (χ4v) is 2.55. The molecule has 3 nitrogen and oxygen atoms in total. The van der Waals surface area contributed by atoms with E-state index in [9.17, 15) is 5.11 Å². The number of fused-ring (bicyclic) bond motifs is 1. The molecule has 0 amide bonds. The molecule has 0 spiro atoms. The molecule has 1 N–H and O–H groups in total. The van der Waals surface area contributed by atoms with Crippen LogP contribution in [0, 0.1) is 6.92 Å². The summed E-state index contributed by atoms with van der Waals surface area (Å²) in [5, 5.41) is 15.0. The van der Waals surface area contributed by atoms with Crippen LogP contribution >= 0.6 is 11.3 Å². The molecule has 1 heterocycles. The second-order valence-electron chi connectivity index (χ2n) is 4.31. The van der Waals surface area contributed by atoms with Gasteiger partial charge in [0.25, 0.3) is 0 Å². The first-order valence-corrected chi connectivity index (χ1v) is 6.86. The molecule has 19 heavy (non-hydrogen) atoms. The molecule has 0 aliphatic carbocycles. The number of benzene rings is 2. The van der Waals surface area contributed by atoms with Crippen molar-refractivity contribution in [3.8, 4) is 11.5 Å². The first-order chi connectivity index (χ1) is 9.22.